The molecule has 7 heteroatoms. The van der Waals surface area contributed by atoms with E-state index in [1.807, 2.05) is 12.1 Å². The predicted octanol–water partition coefficient (Wildman–Crippen LogP) is 3.31. The summed E-state index contributed by atoms with van der Waals surface area (Å²) in [6.45, 7) is 2.09. The van der Waals surface area contributed by atoms with Crippen LogP contribution in [0.5, 0.6) is 0 Å². The number of thioether (sulfide) groups is 1. The van der Waals surface area contributed by atoms with E-state index in [1.54, 1.807) is 23.3 Å². The number of halogens is 1. The van der Waals surface area contributed by atoms with Gasteiger partial charge in [0.25, 0.3) is 0 Å². The van der Waals surface area contributed by atoms with Crippen molar-refractivity contribution in [3.05, 3.63) is 59.4 Å². The Morgan fingerprint density at radius 1 is 1.19 bits per heavy atom. The van der Waals surface area contributed by atoms with E-state index < -0.39 is 0 Å². The molecule has 0 atom stereocenters. The maximum Gasteiger partial charge on any atom is 0.240 e. The summed E-state index contributed by atoms with van der Waals surface area (Å²) < 4.78 is 1.70. The minimum Gasteiger partial charge on any atom is -0.274 e. The highest BCUT2D eigenvalue weighted by Crippen LogP contribution is 2.22. The number of aryl methyl sites for hydroxylation is 1. The third kappa shape index (κ3) is 3.40. The maximum atomic E-state index is 5.97. The Morgan fingerprint density at radius 3 is 2.81 bits per heavy atom. The van der Waals surface area contributed by atoms with Crippen LogP contribution in [0.2, 0.25) is 5.28 Å². The highest BCUT2D eigenvalue weighted by molar-refractivity contribution is 7.98. The molecule has 0 saturated carbocycles. The van der Waals surface area contributed by atoms with E-state index in [2.05, 4.69) is 39.0 Å². The molecule has 2 heterocycles. The van der Waals surface area contributed by atoms with Gasteiger partial charge >= 0.3 is 0 Å². The molecule has 0 aliphatic heterocycles. The molecule has 0 amide bonds. The molecule has 0 unspecified atom stereocenters. The zero-order chi connectivity index (χ0) is 14.7. The summed E-state index contributed by atoms with van der Waals surface area (Å²) in [5.74, 6) is 1.26. The first-order valence-electron chi connectivity index (χ1n) is 6.29. The van der Waals surface area contributed by atoms with Gasteiger partial charge in [-0.3, -0.25) is 4.57 Å². The molecule has 0 N–H and O–H groups in total. The van der Waals surface area contributed by atoms with Gasteiger partial charge in [0.05, 0.1) is 0 Å². The van der Waals surface area contributed by atoms with E-state index in [0.29, 0.717) is 11.1 Å². The molecule has 1 aromatic carbocycles. The van der Waals surface area contributed by atoms with Gasteiger partial charge < -0.3 is 0 Å². The summed E-state index contributed by atoms with van der Waals surface area (Å²) in [4.78, 5) is 16.6. The normalized spacial score (nSPS) is 10.8. The molecule has 5 nitrogen and oxygen atoms in total. The van der Waals surface area contributed by atoms with Crippen LogP contribution in [0.3, 0.4) is 0 Å². The van der Waals surface area contributed by atoms with E-state index in [9.17, 15) is 0 Å². The number of hydrogen-bond acceptors (Lipinski definition) is 5. The van der Waals surface area contributed by atoms with Crippen LogP contribution in [-0.4, -0.2) is 24.5 Å². The van der Waals surface area contributed by atoms with Gasteiger partial charge in [0.2, 0.25) is 11.2 Å². The van der Waals surface area contributed by atoms with Gasteiger partial charge in [-0.2, -0.15) is 15.0 Å². The van der Waals surface area contributed by atoms with E-state index in [-0.39, 0.29) is 5.28 Å². The van der Waals surface area contributed by atoms with Crippen molar-refractivity contribution in [2.75, 3.05) is 0 Å². The van der Waals surface area contributed by atoms with Crippen LogP contribution >= 0.6 is 23.4 Å². The zero-order valence-electron chi connectivity index (χ0n) is 11.3. The van der Waals surface area contributed by atoms with Gasteiger partial charge in [-0.15, -0.1) is 0 Å². The van der Waals surface area contributed by atoms with Crippen LogP contribution in [-0.2, 0) is 5.75 Å². The van der Waals surface area contributed by atoms with Crippen LogP contribution in [0.4, 0.5) is 0 Å². The Morgan fingerprint density at radius 2 is 2.05 bits per heavy atom. The first-order valence-corrected chi connectivity index (χ1v) is 7.66. The molecule has 0 aliphatic carbocycles. The number of imidazole rings is 1. The molecule has 106 valence electrons. The first kappa shape index (κ1) is 14.0. The topological polar surface area (TPSA) is 56.5 Å². The van der Waals surface area contributed by atoms with E-state index in [4.69, 9.17) is 11.6 Å². The second-order valence-corrected chi connectivity index (χ2v) is 5.65. The third-order valence-electron chi connectivity index (χ3n) is 2.93. The predicted molar refractivity (Wildman–Crippen MR) is 82.7 cm³/mol. The molecular weight excluding hydrogens is 306 g/mol. The van der Waals surface area contributed by atoms with Crippen molar-refractivity contribution < 1.29 is 0 Å². The summed E-state index contributed by atoms with van der Waals surface area (Å²) in [6, 6.07) is 8.25. The second-order valence-electron chi connectivity index (χ2n) is 4.37. The van der Waals surface area contributed by atoms with Crippen LogP contribution < -0.4 is 0 Å². The maximum absolute atomic E-state index is 5.97. The fourth-order valence-corrected chi connectivity index (χ4v) is 2.91. The fourth-order valence-electron chi connectivity index (χ4n) is 1.79. The van der Waals surface area contributed by atoms with Crippen molar-refractivity contribution in [3.63, 3.8) is 0 Å². The van der Waals surface area contributed by atoms with E-state index in [0.717, 1.165) is 5.75 Å². The number of aromatic nitrogens is 5. The lowest BCUT2D eigenvalue weighted by atomic mass is 10.1. The molecule has 3 aromatic rings. The highest BCUT2D eigenvalue weighted by Gasteiger charge is 2.08. The van der Waals surface area contributed by atoms with Gasteiger partial charge in [0, 0.05) is 18.1 Å². The molecule has 0 saturated heterocycles. The lowest BCUT2D eigenvalue weighted by molar-refractivity contribution is 0.823. The Kier molecular flexibility index (Phi) is 4.17. The zero-order valence-corrected chi connectivity index (χ0v) is 12.8. The van der Waals surface area contributed by atoms with Crippen molar-refractivity contribution in [3.8, 4) is 5.95 Å². The summed E-state index contributed by atoms with van der Waals surface area (Å²) in [5, 5.41) is 0.780. The Hall–Kier alpha value is -1.92. The number of nitrogens with zero attached hydrogens (tertiary/aromatic N) is 5. The van der Waals surface area contributed by atoms with Crippen molar-refractivity contribution in [2.45, 2.75) is 17.8 Å². The average Bonchev–Trinajstić information content (AvgIpc) is 3.00. The summed E-state index contributed by atoms with van der Waals surface area (Å²) >= 11 is 7.50. The largest absolute Gasteiger partial charge is 0.274 e. The Balaban J connectivity index is 1.81. The quantitative estimate of drug-likeness (QED) is 0.691. The minimum absolute atomic E-state index is 0.181. The van der Waals surface area contributed by atoms with Crippen LogP contribution in [0.25, 0.3) is 5.95 Å². The number of benzene rings is 1. The van der Waals surface area contributed by atoms with Gasteiger partial charge in [-0.05, 0) is 29.7 Å². The molecule has 2 aromatic heterocycles. The van der Waals surface area contributed by atoms with Gasteiger partial charge in [0.1, 0.15) is 6.33 Å². The first-order chi connectivity index (χ1) is 10.2. The molecule has 21 heavy (non-hydrogen) atoms. The average molecular weight is 318 g/mol. The van der Waals surface area contributed by atoms with Crippen molar-refractivity contribution in [1.82, 2.24) is 24.5 Å². The molecule has 0 bridgehead atoms. The summed E-state index contributed by atoms with van der Waals surface area (Å²) in [5.41, 5.74) is 2.50. The van der Waals surface area contributed by atoms with Crippen molar-refractivity contribution in [2.24, 2.45) is 0 Å². The standard InChI is InChI=1S/C14H12ClN5S/c1-10-4-2-3-5-11(10)8-21-14-18-12(15)17-13(19-14)20-7-6-16-9-20/h2-7,9H,8H2,1H3. The van der Waals surface area contributed by atoms with Gasteiger partial charge in [-0.1, -0.05) is 36.0 Å². The van der Waals surface area contributed by atoms with Crippen molar-refractivity contribution >= 4 is 23.4 Å². The molecule has 0 radical (unpaired) electrons. The number of rotatable bonds is 4. The Bertz CT molecular complexity index is 745. The monoisotopic (exact) mass is 317 g/mol. The minimum atomic E-state index is 0.181. The van der Waals surface area contributed by atoms with Crippen LogP contribution in [0, 0.1) is 6.92 Å². The lowest BCUT2D eigenvalue weighted by Gasteiger charge is -2.06. The summed E-state index contributed by atoms with van der Waals surface area (Å²) in [7, 11) is 0. The highest BCUT2D eigenvalue weighted by atomic mass is 35.5. The van der Waals surface area contributed by atoms with E-state index in [1.165, 1.54) is 22.9 Å². The third-order valence-corrected chi connectivity index (χ3v) is 3.99. The van der Waals surface area contributed by atoms with Crippen molar-refractivity contribution in [1.29, 1.82) is 0 Å². The van der Waals surface area contributed by atoms with E-state index >= 15 is 0 Å². The number of hydrogen-bond donors (Lipinski definition) is 0. The molecule has 0 aliphatic rings. The lowest BCUT2D eigenvalue weighted by Crippen LogP contribution is -2.02. The smallest absolute Gasteiger partial charge is 0.240 e. The van der Waals surface area contributed by atoms with Gasteiger partial charge in [-0.25, -0.2) is 4.98 Å². The van der Waals surface area contributed by atoms with Gasteiger partial charge in [0.15, 0.2) is 5.16 Å². The Labute approximate surface area is 131 Å². The second kappa shape index (κ2) is 6.24. The SMILES string of the molecule is Cc1ccccc1CSc1nc(Cl)nc(-n2ccnc2)n1. The van der Waals surface area contributed by atoms with Crippen LogP contribution in [0.1, 0.15) is 11.1 Å². The molecule has 0 spiro atoms. The molecule has 0 fully saturated rings. The molecule has 3 rings (SSSR count). The summed E-state index contributed by atoms with van der Waals surface area (Å²) in [6.07, 6.45) is 5.06. The van der Waals surface area contributed by atoms with Crippen LogP contribution in [0.15, 0.2) is 48.1 Å². The molecular formula is C14H12ClN5S. The fraction of sp³-hybridized carbons (Fsp3) is 0.143.